The third-order valence-electron chi connectivity index (χ3n) is 2.57. The summed E-state index contributed by atoms with van der Waals surface area (Å²) in [4.78, 5) is 5.47. The molecule has 0 saturated heterocycles. The van der Waals surface area contributed by atoms with Gasteiger partial charge in [-0.3, -0.25) is 0 Å². The molecule has 0 atom stereocenters. The quantitative estimate of drug-likeness (QED) is 0.903. The van der Waals surface area contributed by atoms with Gasteiger partial charge in [0.25, 0.3) is 5.22 Å². The predicted octanol–water partition coefficient (Wildman–Crippen LogP) is 2.94. The highest BCUT2D eigenvalue weighted by molar-refractivity contribution is 7.99. The van der Waals surface area contributed by atoms with Gasteiger partial charge in [0.2, 0.25) is 0 Å². The van der Waals surface area contributed by atoms with E-state index in [1.54, 1.807) is 11.8 Å². The maximum Gasteiger partial charge on any atom is 0.260 e. The van der Waals surface area contributed by atoms with Crippen molar-refractivity contribution >= 4 is 11.8 Å². The van der Waals surface area contributed by atoms with Crippen LogP contribution in [0.15, 0.2) is 38.8 Å². The molecular formula is C13H16N2OS. The molecule has 90 valence electrons. The molecule has 1 aromatic heterocycles. The van der Waals surface area contributed by atoms with Crippen LogP contribution in [0, 0.1) is 13.8 Å². The molecule has 0 fully saturated rings. The molecular weight excluding hydrogens is 232 g/mol. The molecule has 1 heterocycles. The third-order valence-corrected chi connectivity index (χ3v) is 3.43. The van der Waals surface area contributed by atoms with Crippen LogP contribution in [0.1, 0.15) is 17.0 Å². The lowest BCUT2D eigenvalue weighted by Gasteiger charge is -2.00. The second kappa shape index (κ2) is 5.38. The van der Waals surface area contributed by atoms with Gasteiger partial charge in [0, 0.05) is 4.90 Å². The van der Waals surface area contributed by atoms with E-state index < -0.39 is 0 Å². The van der Waals surface area contributed by atoms with E-state index >= 15 is 0 Å². The Hall–Kier alpha value is -1.26. The van der Waals surface area contributed by atoms with E-state index in [1.165, 1.54) is 5.56 Å². The highest BCUT2D eigenvalue weighted by atomic mass is 32.2. The largest absolute Gasteiger partial charge is 0.436 e. The van der Waals surface area contributed by atoms with Gasteiger partial charge in [-0.2, -0.15) is 0 Å². The summed E-state index contributed by atoms with van der Waals surface area (Å²) in [5, 5.41) is 0.701. The third kappa shape index (κ3) is 3.11. The fraction of sp³-hybridized carbons (Fsp3) is 0.308. The number of nitrogens with zero attached hydrogens (tertiary/aromatic N) is 1. The predicted molar refractivity (Wildman–Crippen MR) is 69.3 cm³/mol. The van der Waals surface area contributed by atoms with Crippen molar-refractivity contribution in [3.8, 4) is 0 Å². The number of aromatic nitrogens is 1. The topological polar surface area (TPSA) is 52.0 Å². The Kier molecular flexibility index (Phi) is 3.86. The lowest BCUT2D eigenvalue weighted by molar-refractivity contribution is 0.431. The lowest BCUT2D eigenvalue weighted by atomic mass is 10.2. The molecule has 0 unspecified atom stereocenters. The Labute approximate surface area is 105 Å². The van der Waals surface area contributed by atoms with Crippen LogP contribution in [-0.2, 0) is 6.42 Å². The van der Waals surface area contributed by atoms with Gasteiger partial charge in [0.15, 0.2) is 0 Å². The fourth-order valence-corrected chi connectivity index (χ4v) is 2.30. The van der Waals surface area contributed by atoms with E-state index in [9.17, 15) is 0 Å². The number of oxazole rings is 1. The van der Waals surface area contributed by atoms with Gasteiger partial charge in [-0.15, -0.1) is 0 Å². The molecule has 0 saturated carbocycles. The zero-order chi connectivity index (χ0) is 12.3. The van der Waals surface area contributed by atoms with Gasteiger partial charge >= 0.3 is 0 Å². The van der Waals surface area contributed by atoms with Crippen LogP contribution in [0.4, 0.5) is 0 Å². The van der Waals surface area contributed by atoms with Crippen molar-refractivity contribution < 1.29 is 4.42 Å². The smallest absolute Gasteiger partial charge is 0.260 e. The van der Waals surface area contributed by atoms with E-state index in [-0.39, 0.29) is 0 Å². The molecule has 1 aromatic carbocycles. The van der Waals surface area contributed by atoms with Crippen molar-refractivity contribution in [1.82, 2.24) is 4.98 Å². The van der Waals surface area contributed by atoms with Gasteiger partial charge < -0.3 is 10.2 Å². The van der Waals surface area contributed by atoms with Crippen LogP contribution in [0.25, 0.3) is 0 Å². The Morgan fingerprint density at radius 2 is 1.94 bits per heavy atom. The maximum absolute atomic E-state index is 5.53. The monoisotopic (exact) mass is 248 g/mol. The van der Waals surface area contributed by atoms with Crippen LogP contribution >= 0.6 is 11.8 Å². The molecule has 4 heteroatoms. The molecule has 0 bridgehead atoms. The van der Waals surface area contributed by atoms with Crippen LogP contribution in [-0.4, -0.2) is 11.5 Å². The van der Waals surface area contributed by atoms with Crippen LogP contribution in [0.3, 0.4) is 0 Å². The summed E-state index contributed by atoms with van der Waals surface area (Å²) < 4.78 is 5.53. The van der Waals surface area contributed by atoms with E-state index in [0.717, 1.165) is 22.8 Å². The molecule has 0 aliphatic rings. The molecule has 17 heavy (non-hydrogen) atoms. The molecule has 2 aromatic rings. The van der Waals surface area contributed by atoms with E-state index in [0.29, 0.717) is 11.8 Å². The highest BCUT2D eigenvalue weighted by Gasteiger charge is 2.07. The number of nitrogens with two attached hydrogens (primary N) is 1. The van der Waals surface area contributed by atoms with Crippen molar-refractivity contribution in [2.45, 2.75) is 30.4 Å². The summed E-state index contributed by atoms with van der Waals surface area (Å²) in [5.41, 5.74) is 7.72. The summed E-state index contributed by atoms with van der Waals surface area (Å²) in [6, 6.07) is 8.34. The minimum atomic E-state index is 0.685. The van der Waals surface area contributed by atoms with Gasteiger partial charge in [0.05, 0.1) is 5.69 Å². The zero-order valence-electron chi connectivity index (χ0n) is 10.1. The maximum atomic E-state index is 5.53. The van der Waals surface area contributed by atoms with Crippen molar-refractivity contribution in [2.24, 2.45) is 5.73 Å². The Balaban J connectivity index is 2.08. The first-order chi connectivity index (χ1) is 8.19. The summed E-state index contributed by atoms with van der Waals surface area (Å²) >= 11 is 1.54. The minimum Gasteiger partial charge on any atom is -0.436 e. The Morgan fingerprint density at radius 1 is 1.24 bits per heavy atom. The standard InChI is InChI=1S/C13H16N2OS/c1-9-10(2)16-13(15-9)17-12-5-3-11(4-6-12)7-8-14/h3-6H,7-8,14H2,1-2H3. The first kappa shape index (κ1) is 12.2. The van der Waals surface area contributed by atoms with Crippen molar-refractivity contribution in [2.75, 3.05) is 6.54 Å². The second-order valence-electron chi connectivity index (χ2n) is 3.91. The summed E-state index contributed by atoms with van der Waals surface area (Å²) in [6.07, 6.45) is 0.919. The van der Waals surface area contributed by atoms with Crippen molar-refractivity contribution in [3.63, 3.8) is 0 Å². The SMILES string of the molecule is Cc1nc(Sc2ccc(CCN)cc2)oc1C. The molecule has 0 aliphatic carbocycles. The van der Waals surface area contributed by atoms with E-state index in [4.69, 9.17) is 10.2 Å². The molecule has 3 nitrogen and oxygen atoms in total. The summed E-state index contributed by atoms with van der Waals surface area (Å²) in [5.74, 6) is 0.882. The van der Waals surface area contributed by atoms with Crippen molar-refractivity contribution in [3.05, 3.63) is 41.3 Å². The Bertz CT molecular complexity index is 471. The van der Waals surface area contributed by atoms with E-state index in [2.05, 4.69) is 29.2 Å². The van der Waals surface area contributed by atoms with Crippen LogP contribution in [0.5, 0.6) is 0 Å². The van der Waals surface area contributed by atoms with Gasteiger partial charge in [0.1, 0.15) is 5.76 Å². The molecule has 2 N–H and O–H groups in total. The summed E-state index contributed by atoms with van der Waals surface area (Å²) in [7, 11) is 0. The first-order valence-electron chi connectivity index (χ1n) is 5.60. The Morgan fingerprint density at radius 3 is 2.47 bits per heavy atom. The van der Waals surface area contributed by atoms with Crippen LogP contribution < -0.4 is 5.73 Å². The molecule has 0 radical (unpaired) electrons. The number of rotatable bonds is 4. The second-order valence-corrected chi connectivity index (χ2v) is 4.93. The molecule has 0 aliphatic heterocycles. The van der Waals surface area contributed by atoms with E-state index in [1.807, 2.05) is 13.8 Å². The van der Waals surface area contributed by atoms with Crippen LogP contribution in [0.2, 0.25) is 0 Å². The van der Waals surface area contributed by atoms with Gasteiger partial charge in [-0.1, -0.05) is 12.1 Å². The lowest BCUT2D eigenvalue weighted by Crippen LogP contribution is -2.02. The number of benzene rings is 1. The highest BCUT2D eigenvalue weighted by Crippen LogP contribution is 2.28. The fourth-order valence-electron chi connectivity index (χ4n) is 1.48. The van der Waals surface area contributed by atoms with Gasteiger partial charge in [-0.25, -0.2) is 4.98 Å². The molecule has 0 amide bonds. The summed E-state index contributed by atoms with van der Waals surface area (Å²) in [6.45, 7) is 4.56. The zero-order valence-corrected chi connectivity index (χ0v) is 10.9. The number of hydrogen-bond acceptors (Lipinski definition) is 4. The average Bonchev–Trinajstić information content (AvgIpc) is 2.61. The van der Waals surface area contributed by atoms with Crippen molar-refractivity contribution in [1.29, 1.82) is 0 Å². The molecule has 0 spiro atoms. The number of aryl methyl sites for hydroxylation is 2. The molecule has 2 rings (SSSR count). The normalized spacial score (nSPS) is 10.8. The minimum absolute atomic E-state index is 0.685. The first-order valence-corrected chi connectivity index (χ1v) is 6.41. The average molecular weight is 248 g/mol. The van der Waals surface area contributed by atoms with Gasteiger partial charge in [-0.05, 0) is 56.3 Å². The number of hydrogen-bond donors (Lipinski definition) is 1.